The molecule has 136 valence electrons. The number of oxime groups is 1. The van der Waals surface area contributed by atoms with Crippen molar-refractivity contribution >= 4 is 34.6 Å². The summed E-state index contributed by atoms with van der Waals surface area (Å²) in [5.41, 5.74) is 1.47. The van der Waals surface area contributed by atoms with E-state index in [1.165, 1.54) is 24.1 Å². The van der Waals surface area contributed by atoms with E-state index < -0.39 is 5.97 Å². The summed E-state index contributed by atoms with van der Waals surface area (Å²) >= 11 is 7.67. The molecule has 2 saturated heterocycles. The van der Waals surface area contributed by atoms with Gasteiger partial charge in [0.25, 0.3) is 0 Å². The summed E-state index contributed by atoms with van der Waals surface area (Å²) in [6.07, 6.45) is 5.41. The van der Waals surface area contributed by atoms with Crippen molar-refractivity contribution in [3.05, 3.63) is 57.2 Å². The number of rotatable bonds is 4. The Morgan fingerprint density at radius 1 is 1.19 bits per heavy atom. The molecule has 0 N–H and O–H groups in total. The first-order chi connectivity index (χ1) is 12.7. The molecular formula is C20H21ClN2O2S. The summed E-state index contributed by atoms with van der Waals surface area (Å²) < 4.78 is 0. The molecule has 2 unspecified atom stereocenters. The Labute approximate surface area is 162 Å². The van der Waals surface area contributed by atoms with E-state index in [1.807, 2.05) is 11.3 Å². The molecule has 4 rings (SSSR count). The van der Waals surface area contributed by atoms with Crippen molar-refractivity contribution in [3.63, 3.8) is 0 Å². The van der Waals surface area contributed by atoms with E-state index in [2.05, 4.69) is 27.6 Å². The first-order valence-electron chi connectivity index (χ1n) is 9.00. The van der Waals surface area contributed by atoms with E-state index >= 15 is 0 Å². The number of benzene rings is 1. The lowest BCUT2D eigenvalue weighted by Gasteiger charge is -2.46. The fourth-order valence-corrected chi connectivity index (χ4v) is 4.78. The van der Waals surface area contributed by atoms with Gasteiger partial charge in [0, 0.05) is 41.4 Å². The van der Waals surface area contributed by atoms with Crippen LogP contribution in [0.1, 0.15) is 47.3 Å². The molecule has 2 aromatic rings. The monoisotopic (exact) mass is 388 g/mol. The van der Waals surface area contributed by atoms with Crippen LogP contribution in [0.4, 0.5) is 0 Å². The first-order valence-corrected chi connectivity index (χ1v) is 10.3. The summed E-state index contributed by atoms with van der Waals surface area (Å²) in [6, 6.07) is 12.0. The third kappa shape index (κ3) is 4.00. The SMILES string of the molecule is O=C(ON=C1CC2CCCC(C1)N2Cc1cccs1)c1ccc(Cl)cc1. The number of thiophene rings is 1. The minimum Gasteiger partial charge on any atom is -0.313 e. The average Bonchev–Trinajstić information content (AvgIpc) is 3.13. The lowest BCUT2D eigenvalue weighted by atomic mass is 9.83. The summed E-state index contributed by atoms with van der Waals surface area (Å²) in [6.45, 7) is 1.02. The van der Waals surface area contributed by atoms with Gasteiger partial charge in [0.15, 0.2) is 0 Å². The average molecular weight is 389 g/mol. The Morgan fingerprint density at radius 2 is 1.92 bits per heavy atom. The molecule has 3 heterocycles. The number of carbonyl (C=O) groups is 1. The molecule has 6 heteroatoms. The Hall–Kier alpha value is -1.69. The quantitative estimate of drug-likeness (QED) is 0.538. The summed E-state index contributed by atoms with van der Waals surface area (Å²) in [5.74, 6) is -0.430. The van der Waals surface area contributed by atoms with Crippen LogP contribution in [0.15, 0.2) is 46.9 Å². The maximum absolute atomic E-state index is 12.1. The van der Waals surface area contributed by atoms with Crippen LogP contribution in [0.3, 0.4) is 0 Å². The molecule has 2 aliphatic rings. The molecule has 4 nitrogen and oxygen atoms in total. The molecule has 2 bridgehead atoms. The second kappa shape index (κ2) is 7.91. The molecule has 0 amide bonds. The molecular weight excluding hydrogens is 368 g/mol. The Balaban J connectivity index is 1.40. The predicted molar refractivity (Wildman–Crippen MR) is 105 cm³/mol. The van der Waals surface area contributed by atoms with Gasteiger partial charge in [-0.2, -0.15) is 0 Å². The lowest BCUT2D eigenvalue weighted by Crippen LogP contribution is -2.51. The zero-order chi connectivity index (χ0) is 17.9. The number of fused-ring (bicyclic) bond motifs is 2. The van der Waals surface area contributed by atoms with Gasteiger partial charge in [-0.25, -0.2) is 4.79 Å². The predicted octanol–water partition coefficient (Wildman–Crippen LogP) is 5.13. The zero-order valence-electron chi connectivity index (χ0n) is 14.4. The largest absolute Gasteiger partial charge is 0.365 e. The van der Waals surface area contributed by atoms with Crippen molar-refractivity contribution in [3.8, 4) is 0 Å². The van der Waals surface area contributed by atoms with Gasteiger partial charge in [0.05, 0.1) is 11.3 Å². The van der Waals surface area contributed by atoms with Crippen LogP contribution < -0.4 is 0 Å². The Morgan fingerprint density at radius 3 is 2.58 bits per heavy atom. The van der Waals surface area contributed by atoms with E-state index in [0.29, 0.717) is 22.7 Å². The number of hydrogen-bond acceptors (Lipinski definition) is 5. The van der Waals surface area contributed by atoms with E-state index in [1.54, 1.807) is 24.3 Å². The van der Waals surface area contributed by atoms with Crippen molar-refractivity contribution in [2.45, 2.75) is 50.7 Å². The normalized spacial score (nSPS) is 22.9. The molecule has 1 aromatic carbocycles. The molecule has 0 aliphatic carbocycles. The number of nitrogens with zero attached hydrogens (tertiary/aromatic N) is 2. The smallest absolute Gasteiger partial charge is 0.313 e. The van der Waals surface area contributed by atoms with Gasteiger partial charge < -0.3 is 4.84 Å². The minimum absolute atomic E-state index is 0.430. The maximum Gasteiger partial charge on any atom is 0.365 e. The van der Waals surface area contributed by atoms with Gasteiger partial charge in [0.2, 0.25) is 0 Å². The third-order valence-electron chi connectivity index (χ3n) is 5.21. The fraction of sp³-hybridized carbons (Fsp3) is 0.400. The zero-order valence-corrected chi connectivity index (χ0v) is 16.0. The van der Waals surface area contributed by atoms with Gasteiger partial charge >= 0.3 is 5.97 Å². The third-order valence-corrected chi connectivity index (χ3v) is 6.32. The van der Waals surface area contributed by atoms with Crippen LogP contribution in [0.2, 0.25) is 5.02 Å². The highest BCUT2D eigenvalue weighted by Crippen LogP contribution is 2.34. The van der Waals surface area contributed by atoms with Crippen molar-refractivity contribution in [1.82, 2.24) is 4.90 Å². The highest BCUT2D eigenvalue weighted by atomic mass is 35.5. The van der Waals surface area contributed by atoms with Crippen LogP contribution in [0.5, 0.6) is 0 Å². The molecule has 2 fully saturated rings. The summed E-state index contributed by atoms with van der Waals surface area (Å²) in [4.78, 5) is 21.4. The van der Waals surface area contributed by atoms with E-state index in [0.717, 1.165) is 25.1 Å². The fourth-order valence-electron chi connectivity index (χ4n) is 3.94. The van der Waals surface area contributed by atoms with Gasteiger partial charge in [-0.1, -0.05) is 29.2 Å². The Kier molecular flexibility index (Phi) is 5.38. The second-order valence-electron chi connectivity index (χ2n) is 6.94. The molecule has 2 atom stereocenters. The first kappa shape index (κ1) is 17.7. The van der Waals surface area contributed by atoms with Gasteiger partial charge in [-0.05, 0) is 48.6 Å². The standard InChI is InChI=1S/C20H21ClN2O2S/c21-15-8-6-14(7-9-15)20(24)25-22-16-11-17-3-1-4-18(12-16)23(17)13-19-5-2-10-26-19/h2,5-10,17-18H,1,3-4,11-13H2. The highest BCUT2D eigenvalue weighted by Gasteiger charge is 2.37. The van der Waals surface area contributed by atoms with Crippen molar-refractivity contribution in [2.75, 3.05) is 0 Å². The Bertz CT molecular complexity index is 773. The van der Waals surface area contributed by atoms with E-state index in [-0.39, 0.29) is 0 Å². The molecule has 0 radical (unpaired) electrons. The van der Waals surface area contributed by atoms with E-state index in [9.17, 15) is 4.79 Å². The molecule has 0 saturated carbocycles. The second-order valence-corrected chi connectivity index (χ2v) is 8.41. The van der Waals surface area contributed by atoms with Crippen molar-refractivity contribution < 1.29 is 9.63 Å². The van der Waals surface area contributed by atoms with Crippen LogP contribution in [0.25, 0.3) is 0 Å². The maximum atomic E-state index is 12.1. The van der Waals surface area contributed by atoms with Gasteiger partial charge in [-0.3, -0.25) is 4.90 Å². The lowest BCUT2D eigenvalue weighted by molar-refractivity contribution is 0.0478. The van der Waals surface area contributed by atoms with Gasteiger partial charge in [0.1, 0.15) is 0 Å². The van der Waals surface area contributed by atoms with Crippen LogP contribution in [0, 0.1) is 0 Å². The number of hydrogen-bond donors (Lipinski definition) is 0. The van der Waals surface area contributed by atoms with Crippen LogP contribution in [-0.4, -0.2) is 28.7 Å². The molecule has 1 aromatic heterocycles. The minimum atomic E-state index is -0.430. The number of halogens is 1. The van der Waals surface area contributed by atoms with E-state index in [4.69, 9.17) is 16.4 Å². The van der Waals surface area contributed by atoms with Crippen LogP contribution >= 0.6 is 22.9 Å². The highest BCUT2D eigenvalue weighted by molar-refractivity contribution is 7.09. The molecule has 0 spiro atoms. The topological polar surface area (TPSA) is 41.9 Å². The number of piperidine rings is 2. The molecule has 2 aliphatic heterocycles. The molecule has 26 heavy (non-hydrogen) atoms. The summed E-state index contributed by atoms with van der Waals surface area (Å²) in [5, 5.41) is 6.94. The van der Waals surface area contributed by atoms with Gasteiger partial charge in [-0.15, -0.1) is 11.3 Å². The summed E-state index contributed by atoms with van der Waals surface area (Å²) in [7, 11) is 0. The van der Waals surface area contributed by atoms with Crippen molar-refractivity contribution in [1.29, 1.82) is 0 Å². The van der Waals surface area contributed by atoms with Crippen LogP contribution in [-0.2, 0) is 11.4 Å². The number of carbonyl (C=O) groups excluding carboxylic acids is 1. The van der Waals surface area contributed by atoms with Crippen molar-refractivity contribution in [2.24, 2.45) is 5.16 Å².